The number of ketones is 1. The Labute approximate surface area is 188 Å². The normalized spacial score (nSPS) is 26.4. The molecule has 1 aromatic rings. The molecule has 0 heterocycles. The summed E-state index contributed by atoms with van der Waals surface area (Å²) < 4.78 is 16.2. The standard InChI is InChI=1S/C24H34O8/c1-22(2,3)31-20(27)18-15(26)12-24(7,29)19(21(28)32-23(4,5)6)17(18)13-9-10-14(25)16(11-13)30-8/h9-11,17-19,25,29H,12H2,1-8H3/t17-,18-,19-,24+/m0/s1. The van der Waals surface area contributed by atoms with Crippen molar-refractivity contribution in [1.82, 2.24) is 0 Å². The largest absolute Gasteiger partial charge is 0.504 e. The summed E-state index contributed by atoms with van der Waals surface area (Å²) in [5, 5.41) is 21.2. The molecule has 0 aliphatic heterocycles. The first kappa shape index (κ1) is 25.6. The van der Waals surface area contributed by atoms with E-state index >= 15 is 0 Å². The van der Waals surface area contributed by atoms with E-state index in [4.69, 9.17) is 14.2 Å². The van der Waals surface area contributed by atoms with Crippen molar-refractivity contribution in [2.45, 2.75) is 77.6 Å². The van der Waals surface area contributed by atoms with E-state index in [0.717, 1.165) is 0 Å². The van der Waals surface area contributed by atoms with E-state index in [9.17, 15) is 24.6 Å². The van der Waals surface area contributed by atoms with Gasteiger partial charge in [-0.25, -0.2) is 0 Å². The van der Waals surface area contributed by atoms with Crippen molar-refractivity contribution in [3.8, 4) is 11.5 Å². The molecule has 0 saturated heterocycles. The Bertz CT molecular complexity index is 888. The lowest BCUT2D eigenvalue weighted by Gasteiger charge is -2.44. The molecule has 0 radical (unpaired) electrons. The number of methoxy groups -OCH3 is 1. The number of hydrogen-bond acceptors (Lipinski definition) is 8. The maximum absolute atomic E-state index is 13.3. The van der Waals surface area contributed by atoms with Crippen molar-refractivity contribution in [2.24, 2.45) is 11.8 Å². The molecule has 178 valence electrons. The smallest absolute Gasteiger partial charge is 0.317 e. The van der Waals surface area contributed by atoms with Gasteiger partial charge in [-0.3, -0.25) is 14.4 Å². The number of phenols is 1. The topological polar surface area (TPSA) is 119 Å². The van der Waals surface area contributed by atoms with Crippen LogP contribution in [0.2, 0.25) is 0 Å². The lowest BCUT2D eigenvalue weighted by atomic mass is 9.61. The summed E-state index contributed by atoms with van der Waals surface area (Å²) >= 11 is 0. The number of carbonyl (C=O) groups is 3. The molecule has 8 nitrogen and oxygen atoms in total. The minimum absolute atomic E-state index is 0.103. The number of ether oxygens (including phenoxy) is 3. The van der Waals surface area contributed by atoms with Gasteiger partial charge in [0.1, 0.15) is 17.1 Å². The van der Waals surface area contributed by atoms with E-state index in [-0.39, 0.29) is 11.5 Å². The number of Topliss-reactive ketones (excluding diaryl/α,β-unsaturated/α-hetero) is 1. The monoisotopic (exact) mass is 450 g/mol. The van der Waals surface area contributed by atoms with Crippen LogP contribution in [0.1, 0.15) is 66.4 Å². The number of carbonyl (C=O) groups excluding carboxylic acids is 3. The zero-order chi connectivity index (χ0) is 24.6. The van der Waals surface area contributed by atoms with Crippen molar-refractivity contribution < 1.29 is 38.8 Å². The van der Waals surface area contributed by atoms with Crippen LogP contribution in [-0.2, 0) is 23.9 Å². The maximum Gasteiger partial charge on any atom is 0.317 e. The molecule has 1 aliphatic rings. The predicted molar refractivity (Wildman–Crippen MR) is 116 cm³/mol. The first-order valence-electron chi connectivity index (χ1n) is 10.5. The SMILES string of the molecule is COc1cc([C@H]2[C@@H](C(=O)OC(C)(C)C)C(=O)C[C@@](C)(O)[C@@H]2C(=O)OC(C)(C)C)ccc1O. The molecule has 8 heteroatoms. The second kappa shape index (κ2) is 8.73. The van der Waals surface area contributed by atoms with Gasteiger partial charge in [-0.1, -0.05) is 6.07 Å². The Morgan fingerprint density at radius 1 is 1.03 bits per heavy atom. The molecular formula is C24H34O8. The molecule has 1 aliphatic carbocycles. The average molecular weight is 451 g/mol. The van der Waals surface area contributed by atoms with Gasteiger partial charge in [-0.05, 0) is 66.2 Å². The molecule has 2 N–H and O–H groups in total. The van der Waals surface area contributed by atoms with Gasteiger partial charge in [0, 0.05) is 12.3 Å². The number of hydrogen-bond donors (Lipinski definition) is 2. The van der Waals surface area contributed by atoms with E-state index in [0.29, 0.717) is 5.56 Å². The highest BCUT2D eigenvalue weighted by Gasteiger charge is 2.58. The van der Waals surface area contributed by atoms with Crippen LogP contribution < -0.4 is 4.74 Å². The van der Waals surface area contributed by atoms with Crippen molar-refractivity contribution in [3.63, 3.8) is 0 Å². The van der Waals surface area contributed by atoms with E-state index in [2.05, 4.69) is 0 Å². The highest BCUT2D eigenvalue weighted by molar-refractivity contribution is 6.03. The van der Waals surface area contributed by atoms with Crippen molar-refractivity contribution in [1.29, 1.82) is 0 Å². The number of esters is 2. The number of rotatable bonds is 4. The Balaban J connectivity index is 2.70. The number of phenolic OH excluding ortho intramolecular Hbond substituents is 1. The molecule has 0 spiro atoms. The van der Waals surface area contributed by atoms with Crippen molar-refractivity contribution in [2.75, 3.05) is 7.11 Å². The Hall–Kier alpha value is -2.61. The molecule has 32 heavy (non-hydrogen) atoms. The van der Waals surface area contributed by atoms with Crippen LogP contribution in [0.4, 0.5) is 0 Å². The molecule has 0 bridgehead atoms. The Morgan fingerprint density at radius 2 is 1.56 bits per heavy atom. The summed E-state index contributed by atoms with van der Waals surface area (Å²) in [6, 6.07) is 4.29. The summed E-state index contributed by atoms with van der Waals surface area (Å²) in [6.45, 7) is 11.5. The summed E-state index contributed by atoms with van der Waals surface area (Å²) in [7, 11) is 1.36. The summed E-state index contributed by atoms with van der Waals surface area (Å²) in [5.41, 5.74) is -3.13. The molecule has 1 aromatic carbocycles. The first-order chi connectivity index (χ1) is 14.5. The van der Waals surface area contributed by atoms with Crippen LogP contribution in [0.25, 0.3) is 0 Å². The fourth-order valence-electron chi connectivity index (χ4n) is 4.05. The minimum atomic E-state index is -1.77. The summed E-state index contributed by atoms with van der Waals surface area (Å²) in [4.78, 5) is 39.5. The quantitative estimate of drug-likeness (QED) is 0.530. The van der Waals surface area contributed by atoms with Gasteiger partial charge in [-0.15, -0.1) is 0 Å². The van der Waals surface area contributed by atoms with E-state index in [1.165, 1.54) is 32.2 Å². The maximum atomic E-state index is 13.3. The molecule has 1 fully saturated rings. The van der Waals surface area contributed by atoms with Crippen molar-refractivity contribution in [3.05, 3.63) is 23.8 Å². The Kier molecular flexibility index (Phi) is 7.00. The fraction of sp³-hybridized carbons (Fsp3) is 0.625. The van der Waals surface area contributed by atoms with Gasteiger partial charge in [-0.2, -0.15) is 0 Å². The molecule has 0 unspecified atom stereocenters. The van der Waals surface area contributed by atoms with Crippen LogP contribution in [0.15, 0.2) is 18.2 Å². The fourth-order valence-corrected chi connectivity index (χ4v) is 4.05. The van der Waals surface area contributed by atoms with Crippen LogP contribution in [-0.4, -0.2) is 51.8 Å². The summed E-state index contributed by atoms with van der Waals surface area (Å²) in [6.07, 6.45) is -0.410. The third kappa shape index (κ3) is 5.79. The summed E-state index contributed by atoms with van der Waals surface area (Å²) in [5.74, 6) is -5.79. The predicted octanol–water partition coefficient (Wildman–Crippen LogP) is 3.12. The third-order valence-electron chi connectivity index (χ3n) is 5.18. The van der Waals surface area contributed by atoms with Crippen LogP contribution in [0, 0.1) is 11.8 Å². The van der Waals surface area contributed by atoms with Crippen LogP contribution >= 0.6 is 0 Å². The minimum Gasteiger partial charge on any atom is -0.504 e. The van der Waals surface area contributed by atoms with Gasteiger partial charge in [0.2, 0.25) is 0 Å². The molecule has 2 rings (SSSR count). The average Bonchev–Trinajstić information content (AvgIpc) is 2.57. The zero-order valence-corrected chi connectivity index (χ0v) is 20.0. The van der Waals surface area contributed by atoms with Gasteiger partial charge in [0.25, 0.3) is 0 Å². The molecule has 0 amide bonds. The third-order valence-corrected chi connectivity index (χ3v) is 5.18. The highest BCUT2D eigenvalue weighted by Crippen LogP contribution is 2.48. The highest BCUT2D eigenvalue weighted by atomic mass is 16.6. The Morgan fingerprint density at radius 3 is 2.06 bits per heavy atom. The van der Waals surface area contributed by atoms with E-state index in [1.807, 2.05) is 0 Å². The van der Waals surface area contributed by atoms with Crippen LogP contribution in [0.3, 0.4) is 0 Å². The molecular weight excluding hydrogens is 416 g/mol. The van der Waals surface area contributed by atoms with Gasteiger partial charge < -0.3 is 24.4 Å². The van der Waals surface area contributed by atoms with Gasteiger partial charge >= 0.3 is 11.9 Å². The number of aliphatic hydroxyl groups is 1. The van der Waals surface area contributed by atoms with Gasteiger partial charge in [0.15, 0.2) is 17.3 Å². The number of aromatic hydroxyl groups is 1. The van der Waals surface area contributed by atoms with Gasteiger partial charge in [0.05, 0.1) is 18.6 Å². The van der Waals surface area contributed by atoms with E-state index in [1.54, 1.807) is 41.5 Å². The second-order valence-corrected chi connectivity index (χ2v) is 10.5. The van der Waals surface area contributed by atoms with Crippen LogP contribution in [0.5, 0.6) is 11.5 Å². The first-order valence-corrected chi connectivity index (χ1v) is 10.5. The number of benzene rings is 1. The van der Waals surface area contributed by atoms with E-state index < -0.39 is 58.7 Å². The zero-order valence-electron chi connectivity index (χ0n) is 20.0. The second-order valence-electron chi connectivity index (χ2n) is 10.5. The molecule has 1 saturated carbocycles. The lowest BCUT2D eigenvalue weighted by molar-refractivity contribution is -0.182. The van der Waals surface area contributed by atoms with Crippen molar-refractivity contribution >= 4 is 17.7 Å². The molecule has 4 atom stereocenters. The lowest BCUT2D eigenvalue weighted by Crippen LogP contribution is -2.56. The molecule has 0 aromatic heterocycles.